The number of unbranched alkanes of at least 4 members (excludes halogenated alkanes) is 12. The van der Waals surface area contributed by atoms with Crippen molar-refractivity contribution in [2.45, 2.75) is 136 Å². The highest BCUT2D eigenvalue weighted by Crippen LogP contribution is 2.23. The molecule has 0 aliphatic heterocycles. The molecular formula is C28H50O4S. The fraction of sp³-hybridized carbons (Fsp3) is 0.786. The molecule has 0 spiro atoms. The van der Waals surface area contributed by atoms with Gasteiger partial charge in [-0.2, -0.15) is 8.42 Å². The summed E-state index contributed by atoms with van der Waals surface area (Å²) in [6, 6.07) is 6.45. The van der Waals surface area contributed by atoms with E-state index in [4.69, 9.17) is 4.74 Å². The zero-order valence-corrected chi connectivity index (χ0v) is 22.4. The Labute approximate surface area is 204 Å². The molecule has 33 heavy (non-hydrogen) atoms. The van der Waals surface area contributed by atoms with Crippen molar-refractivity contribution in [2.75, 3.05) is 5.75 Å². The predicted molar refractivity (Wildman–Crippen MR) is 141 cm³/mol. The van der Waals surface area contributed by atoms with Crippen LogP contribution in [0.25, 0.3) is 0 Å². The van der Waals surface area contributed by atoms with E-state index in [0.717, 1.165) is 18.6 Å². The maximum Gasteiger partial charge on any atom is 0.268 e. The Morgan fingerprint density at radius 1 is 0.697 bits per heavy atom. The summed E-state index contributed by atoms with van der Waals surface area (Å²) in [4.78, 5) is 0. The third-order valence-electron chi connectivity index (χ3n) is 6.32. The van der Waals surface area contributed by atoms with Gasteiger partial charge in [0.1, 0.15) is 17.6 Å². The van der Waals surface area contributed by atoms with Crippen molar-refractivity contribution in [2.24, 2.45) is 0 Å². The monoisotopic (exact) mass is 482 g/mol. The van der Waals surface area contributed by atoms with E-state index in [2.05, 4.69) is 32.0 Å². The van der Waals surface area contributed by atoms with Crippen LogP contribution in [-0.4, -0.2) is 24.8 Å². The van der Waals surface area contributed by atoms with Crippen LogP contribution in [0.15, 0.2) is 18.2 Å². The number of aryl methyl sites for hydroxylation is 2. The van der Waals surface area contributed by atoms with Crippen molar-refractivity contribution >= 4 is 10.1 Å². The van der Waals surface area contributed by atoms with Crippen LogP contribution in [0.3, 0.4) is 0 Å². The molecule has 0 saturated heterocycles. The third kappa shape index (κ3) is 16.2. The molecule has 0 amide bonds. The molecule has 0 aromatic heterocycles. The molecule has 1 unspecified atom stereocenters. The second-order valence-electron chi connectivity index (χ2n) is 9.62. The highest BCUT2D eigenvalue weighted by molar-refractivity contribution is 7.85. The summed E-state index contributed by atoms with van der Waals surface area (Å²) < 4.78 is 37.9. The van der Waals surface area contributed by atoms with Crippen LogP contribution in [0, 0.1) is 0 Å². The lowest BCUT2D eigenvalue weighted by Gasteiger charge is -2.18. The van der Waals surface area contributed by atoms with Gasteiger partial charge in [-0.3, -0.25) is 4.55 Å². The Bertz CT molecular complexity index is 678. The van der Waals surface area contributed by atoms with E-state index in [0.29, 0.717) is 6.42 Å². The lowest BCUT2D eigenvalue weighted by molar-refractivity contribution is 0.216. The van der Waals surface area contributed by atoms with Gasteiger partial charge in [0.2, 0.25) is 0 Å². The van der Waals surface area contributed by atoms with E-state index >= 15 is 0 Å². The molecule has 1 N–H and O–H groups in total. The average Bonchev–Trinajstić information content (AvgIpc) is 2.76. The predicted octanol–water partition coefficient (Wildman–Crippen LogP) is 8.32. The SMILES string of the molecule is CCCCCCCCCc1cc(CCCCCCCCC)cc(OC(CC)CS(=O)(=O)O)c1. The molecule has 0 aliphatic rings. The molecule has 0 aliphatic carbocycles. The number of hydrogen-bond donors (Lipinski definition) is 1. The van der Waals surface area contributed by atoms with Gasteiger partial charge in [-0.05, 0) is 55.4 Å². The van der Waals surface area contributed by atoms with E-state index in [1.165, 1.54) is 101 Å². The first-order valence-electron chi connectivity index (χ1n) is 13.6. The molecule has 0 radical (unpaired) electrons. The zero-order valence-electron chi connectivity index (χ0n) is 21.6. The summed E-state index contributed by atoms with van der Waals surface area (Å²) in [5.41, 5.74) is 2.56. The topological polar surface area (TPSA) is 63.6 Å². The van der Waals surface area contributed by atoms with Gasteiger partial charge in [0.15, 0.2) is 0 Å². The van der Waals surface area contributed by atoms with E-state index in [1.807, 2.05) is 6.92 Å². The third-order valence-corrected chi connectivity index (χ3v) is 7.11. The second-order valence-corrected chi connectivity index (χ2v) is 11.1. The highest BCUT2D eigenvalue weighted by Gasteiger charge is 2.17. The lowest BCUT2D eigenvalue weighted by Crippen LogP contribution is -2.25. The smallest absolute Gasteiger partial charge is 0.268 e. The quantitative estimate of drug-likeness (QED) is 0.141. The number of hydrogen-bond acceptors (Lipinski definition) is 3. The first-order valence-corrected chi connectivity index (χ1v) is 15.2. The molecule has 1 atom stereocenters. The fourth-order valence-corrected chi connectivity index (χ4v) is 5.09. The Morgan fingerprint density at radius 3 is 1.52 bits per heavy atom. The van der Waals surface area contributed by atoms with Gasteiger partial charge in [0, 0.05) is 0 Å². The van der Waals surface area contributed by atoms with Crippen LogP contribution in [0.4, 0.5) is 0 Å². The van der Waals surface area contributed by atoms with Gasteiger partial charge in [-0.15, -0.1) is 0 Å². The normalized spacial score (nSPS) is 12.7. The molecular weight excluding hydrogens is 432 g/mol. The van der Waals surface area contributed by atoms with Crippen LogP contribution in [-0.2, 0) is 23.0 Å². The minimum Gasteiger partial charge on any atom is -0.489 e. The van der Waals surface area contributed by atoms with Gasteiger partial charge >= 0.3 is 0 Å². The van der Waals surface area contributed by atoms with Crippen molar-refractivity contribution in [3.63, 3.8) is 0 Å². The molecule has 0 bridgehead atoms. The Balaban J connectivity index is 2.68. The molecule has 1 rings (SSSR count). The first kappa shape index (κ1) is 30.0. The molecule has 1 aromatic rings. The largest absolute Gasteiger partial charge is 0.489 e. The molecule has 0 saturated carbocycles. The molecule has 192 valence electrons. The Kier molecular flexibility index (Phi) is 16.6. The van der Waals surface area contributed by atoms with Gasteiger partial charge < -0.3 is 4.74 Å². The summed E-state index contributed by atoms with van der Waals surface area (Å²) in [6.07, 6.45) is 20.1. The molecule has 4 nitrogen and oxygen atoms in total. The maximum absolute atomic E-state index is 11.3. The van der Waals surface area contributed by atoms with E-state index in [9.17, 15) is 13.0 Å². The van der Waals surface area contributed by atoms with Gasteiger partial charge in [0.05, 0.1) is 0 Å². The molecule has 5 heteroatoms. The number of rotatable bonds is 21. The second kappa shape index (κ2) is 18.3. The molecule has 0 heterocycles. The van der Waals surface area contributed by atoms with Crippen molar-refractivity contribution in [1.82, 2.24) is 0 Å². The van der Waals surface area contributed by atoms with Crippen LogP contribution >= 0.6 is 0 Å². The minimum atomic E-state index is -4.06. The van der Waals surface area contributed by atoms with Crippen LogP contribution in [0.2, 0.25) is 0 Å². The highest BCUT2D eigenvalue weighted by atomic mass is 32.2. The lowest BCUT2D eigenvalue weighted by atomic mass is 9.99. The van der Waals surface area contributed by atoms with Crippen molar-refractivity contribution in [1.29, 1.82) is 0 Å². The van der Waals surface area contributed by atoms with E-state index < -0.39 is 16.2 Å². The van der Waals surface area contributed by atoms with Crippen molar-refractivity contribution in [3.05, 3.63) is 29.3 Å². The first-order chi connectivity index (χ1) is 15.9. The summed E-state index contributed by atoms with van der Waals surface area (Å²) >= 11 is 0. The summed E-state index contributed by atoms with van der Waals surface area (Å²) in [6.45, 7) is 6.38. The molecule has 0 fully saturated rings. The Morgan fingerprint density at radius 2 is 1.12 bits per heavy atom. The van der Waals surface area contributed by atoms with E-state index in [1.54, 1.807) is 0 Å². The number of ether oxygens (including phenoxy) is 1. The maximum atomic E-state index is 11.3. The minimum absolute atomic E-state index is 0.363. The van der Waals surface area contributed by atoms with Crippen LogP contribution in [0.5, 0.6) is 5.75 Å². The standard InChI is InChI=1S/C28H50O4S/c1-4-7-9-11-13-15-17-19-25-21-26(20-18-16-14-12-10-8-5-2)23-28(22-25)32-27(6-3)24-33(29,30)31/h21-23,27H,4-20,24H2,1-3H3,(H,29,30,31). The van der Waals surface area contributed by atoms with Gasteiger partial charge in [-0.25, -0.2) is 0 Å². The van der Waals surface area contributed by atoms with Gasteiger partial charge in [0.25, 0.3) is 10.1 Å². The average molecular weight is 483 g/mol. The summed E-state index contributed by atoms with van der Waals surface area (Å²) in [5.74, 6) is 0.377. The van der Waals surface area contributed by atoms with E-state index in [-0.39, 0.29) is 5.75 Å². The zero-order chi connectivity index (χ0) is 24.4. The fourth-order valence-electron chi connectivity index (χ4n) is 4.32. The Hall–Kier alpha value is -1.07. The van der Waals surface area contributed by atoms with Crippen LogP contribution in [0.1, 0.15) is 128 Å². The van der Waals surface area contributed by atoms with Crippen molar-refractivity contribution in [3.8, 4) is 5.75 Å². The van der Waals surface area contributed by atoms with Gasteiger partial charge in [-0.1, -0.05) is 104 Å². The van der Waals surface area contributed by atoms with Crippen LogP contribution < -0.4 is 4.74 Å². The summed E-state index contributed by atoms with van der Waals surface area (Å²) in [7, 11) is -4.06. The van der Waals surface area contributed by atoms with Crippen molar-refractivity contribution < 1.29 is 17.7 Å². The molecule has 1 aromatic carbocycles. The number of benzene rings is 1. The summed E-state index contributed by atoms with van der Waals surface area (Å²) in [5, 5.41) is 0.